The van der Waals surface area contributed by atoms with E-state index in [4.69, 9.17) is 11.6 Å². The highest BCUT2D eigenvalue weighted by Gasteiger charge is 2.24. The molecule has 2 aromatic rings. The van der Waals surface area contributed by atoms with Crippen molar-refractivity contribution in [2.75, 3.05) is 0 Å². The van der Waals surface area contributed by atoms with Gasteiger partial charge in [-0.15, -0.1) is 11.3 Å². The number of carbonyl (C=O) groups is 2. The van der Waals surface area contributed by atoms with Crippen LogP contribution in [0.5, 0.6) is 0 Å². The summed E-state index contributed by atoms with van der Waals surface area (Å²) < 4.78 is 0.906. The van der Waals surface area contributed by atoms with Crippen LogP contribution in [0.3, 0.4) is 0 Å². The molecule has 0 bridgehead atoms. The molecule has 0 unspecified atom stereocenters. The van der Waals surface area contributed by atoms with Crippen LogP contribution in [0.1, 0.15) is 29.9 Å². The Bertz CT molecular complexity index is 681. The summed E-state index contributed by atoms with van der Waals surface area (Å²) in [7, 11) is 0. The smallest absolute Gasteiger partial charge is 0.326 e. The minimum Gasteiger partial charge on any atom is -0.480 e. The molecule has 0 aliphatic rings. The number of nitrogens with one attached hydrogen (secondary N) is 1. The number of amides is 1. The Morgan fingerprint density at radius 1 is 1.33 bits per heavy atom. The zero-order valence-electron chi connectivity index (χ0n) is 11.7. The molecule has 2 N–H and O–H groups in total. The van der Waals surface area contributed by atoms with E-state index in [1.54, 1.807) is 0 Å². The van der Waals surface area contributed by atoms with E-state index in [9.17, 15) is 14.7 Å². The van der Waals surface area contributed by atoms with Gasteiger partial charge in [0.25, 0.3) is 5.91 Å². The Kier molecular flexibility index (Phi) is 4.85. The summed E-state index contributed by atoms with van der Waals surface area (Å²) in [5.41, 5.74) is 0. The number of aliphatic carboxylic acids is 1. The topological polar surface area (TPSA) is 66.4 Å². The third-order valence-corrected chi connectivity index (χ3v) is 4.73. The number of halogens is 1. The lowest BCUT2D eigenvalue weighted by Gasteiger charge is -2.16. The van der Waals surface area contributed by atoms with Crippen molar-refractivity contribution in [1.82, 2.24) is 5.32 Å². The first-order valence-corrected chi connectivity index (χ1v) is 7.80. The lowest BCUT2D eigenvalue weighted by Crippen LogP contribution is -2.41. The fraction of sp³-hybridized carbons (Fsp3) is 0.333. The van der Waals surface area contributed by atoms with Crippen molar-refractivity contribution in [2.45, 2.75) is 26.3 Å². The summed E-state index contributed by atoms with van der Waals surface area (Å²) in [5, 5.41) is 12.9. The summed E-state index contributed by atoms with van der Waals surface area (Å²) in [6.07, 6.45) is 0.379. The van der Waals surface area contributed by atoms with E-state index in [2.05, 4.69) is 5.32 Å². The number of rotatable bonds is 5. The molecule has 2 rings (SSSR count). The van der Waals surface area contributed by atoms with E-state index >= 15 is 0 Å². The highest BCUT2D eigenvalue weighted by Crippen LogP contribution is 2.35. The van der Waals surface area contributed by atoms with Crippen LogP contribution < -0.4 is 5.32 Å². The van der Waals surface area contributed by atoms with E-state index in [0.717, 1.165) is 10.1 Å². The largest absolute Gasteiger partial charge is 0.480 e. The van der Waals surface area contributed by atoms with Crippen molar-refractivity contribution in [3.05, 3.63) is 34.2 Å². The van der Waals surface area contributed by atoms with Crippen LogP contribution in [0.2, 0.25) is 5.02 Å². The van der Waals surface area contributed by atoms with Crippen molar-refractivity contribution < 1.29 is 14.7 Å². The summed E-state index contributed by atoms with van der Waals surface area (Å²) in [4.78, 5) is 23.9. The van der Waals surface area contributed by atoms with Gasteiger partial charge < -0.3 is 10.4 Å². The molecule has 1 amide bonds. The molecule has 6 heteroatoms. The average Bonchev–Trinajstić information content (AvgIpc) is 2.75. The molecular weight excluding hydrogens is 310 g/mol. The zero-order chi connectivity index (χ0) is 15.6. The monoisotopic (exact) mass is 325 g/mol. The fourth-order valence-corrected chi connectivity index (χ4v) is 3.50. The van der Waals surface area contributed by atoms with Crippen LogP contribution in [0.15, 0.2) is 24.3 Å². The third kappa shape index (κ3) is 3.54. The molecular formula is C15H16ClNO3S. The van der Waals surface area contributed by atoms with Crippen LogP contribution in [0.25, 0.3) is 10.1 Å². The van der Waals surface area contributed by atoms with Gasteiger partial charge in [-0.1, -0.05) is 43.6 Å². The van der Waals surface area contributed by atoms with Gasteiger partial charge in [-0.25, -0.2) is 4.79 Å². The summed E-state index contributed by atoms with van der Waals surface area (Å²) in [5.74, 6) is -1.30. The molecule has 112 valence electrons. The van der Waals surface area contributed by atoms with Crippen LogP contribution >= 0.6 is 22.9 Å². The van der Waals surface area contributed by atoms with Crippen LogP contribution in [-0.2, 0) is 4.79 Å². The predicted molar refractivity (Wildman–Crippen MR) is 85.2 cm³/mol. The number of benzene rings is 1. The Labute approximate surface area is 131 Å². The first-order chi connectivity index (χ1) is 9.90. The van der Waals surface area contributed by atoms with Crippen molar-refractivity contribution in [3.8, 4) is 0 Å². The Hall–Kier alpha value is -1.59. The van der Waals surface area contributed by atoms with Crippen LogP contribution in [0.4, 0.5) is 0 Å². The van der Waals surface area contributed by atoms with Crippen molar-refractivity contribution in [1.29, 1.82) is 0 Å². The zero-order valence-corrected chi connectivity index (χ0v) is 13.3. The lowest BCUT2D eigenvalue weighted by molar-refractivity contribution is -0.139. The normalized spacial score (nSPS) is 12.6. The number of carbonyl (C=O) groups excluding carboxylic acids is 1. The molecule has 1 heterocycles. The molecule has 0 aliphatic heterocycles. The van der Waals surface area contributed by atoms with Gasteiger partial charge in [-0.2, -0.15) is 0 Å². The maximum Gasteiger partial charge on any atom is 0.326 e. The molecule has 0 radical (unpaired) electrons. The molecule has 1 aromatic carbocycles. The second-order valence-electron chi connectivity index (χ2n) is 5.24. The summed E-state index contributed by atoms with van der Waals surface area (Å²) in [6.45, 7) is 3.82. The highest BCUT2D eigenvalue weighted by molar-refractivity contribution is 7.21. The van der Waals surface area contributed by atoms with Gasteiger partial charge in [-0.3, -0.25) is 4.79 Å². The molecule has 0 spiro atoms. The molecule has 21 heavy (non-hydrogen) atoms. The minimum atomic E-state index is -1.03. The number of hydrogen-bond acceptors (Lipinski definition) is 3. The van der Waals surface area contributed by atoms with Gasteiger partial charge in [0.1, 0.15) is 10.9 Å². The fourth-order valence-electron chi connectivity index (χ4n) is 2.08. The van der Waals surface area contributed by atoms with Crippen molar-refractivity contribution >= 4 is 44.9 Å². The molecule has 1 atom stereocenters. The molecule has 1 aromatic heterocycles. The SMILES string of the molecule is CC(C)C[C@@H](NC(=O)c1sc2ccccc2c1Cl)C(=O)O. The average molecular weight is 326 g/mol. The van der Waals surface area contributed by atoms with Gasteiger partial charge in [0.05, 0.1) is 5.02 Å². The third-order valence-electron chi connectivity index (χ3n) is 3.05. The van der Waals surface area contributed by atoms with Gasteiger partial charge in [0.15, 0.2) is 0 Å². The Morgan fingerprint density at radius 2 is 2.00 bits per heavy atom. The maximum atomic E-state index is 12.3. The first-order valence-electron chi connectivity index (χ1n) is 6.60. The molecule has 0 aliphatic carbocycles. The van der Waals surface area contributed by atoms with E-state index in [1.807, 2.05) is 38.1 Å². The van der Waals surface area contributed by atoms with Crippen molar-refractivity contribution in [2.24, 2.45) is 5.92 Å². The predicted octanol–water partition coefficient (Wildman–Crippen LogP) is 3.78. The van der Waals surface area contributed by atoms with Crippen LogP contribution in [-0.4, -0.2) is 23.0 Å². The van der Waals surface area contributed by atoms with Crippen LogP contribution in [0, 0.1) is 5.92 Å². The maximum absolute atomic E-state index is 12.3. The minimum absolute atomic E-state index is 0.171. The highest BCUT2D eigenvalue weighted by atomic mass is 35.5. The summed E-state index contributed by atoms with van der Waals surface area (Å²) in [6, 6.07) is 6.54. The number of thiophene rings is 1. The standard InChI is InChI=1S/C15H16ClNO3S/c1-8(2)7-10(15(19)20)17-14(18)13-12(16)9-5-3-4-6-11(9)21-13/h3-6,8,10H,7H2,1-2H3,(H,17,18)(H,19,20)/t10-/m1/s1. The number of carboxylic acids is 1. The van der Waals surface area contributed by atoms with Gasteiger partial charge in [0.2, 0.25) is 0 Å². The quantitative estimate of drug-likeness (QED) is 0.879. The summed E-state index contributed by atoms with van der Waals surface area (Å²) >= 11 is 7.49. The number of carboxylic acid groups (broad SMARTS) is 1. The van der Waals surface area contributed by atoms with Gasteiger partial charge >= 0.3 is 5.97 Å². The van der Waals surface area contributed by atoms with Gasteiger partial charge in [-0.05, 0) is 18.4 Å². The lowest BCUT2D eigenvalue weighted by atomic mass is 10.0. The molecule has 0 saturated carbocycles. The molecule has 0 saturated heterocycles. The van der Waals surface area contributed by atoms with Gasteiger partial charge in [0, 0.05) is 10.1 Å². The van der Waals surface area contributed by atoms with E-state index in [0.29, 0.717) is 16.3 Å². The van der Waals surface area contributed by atoms with E-state index < -0.39 is 17.9 Å². The van der Waals surface area contributed by atoms with Crippen molar-refractivity contribution in [3.63, 3.8) is 0 Å². The molecule has 4 nitrogen and oxygen atoms in total. The number of hydrogen-bond donors (Lipinski definition) is 2. The first kappa shape index (κ1) is 15.8. The second-order valence-corrected chi connectivity index (χ2v) is 6.67. The Morgan fingerprint density at radius 3 is 2.57 bits per heavy atom. The number of fused-ring (bicyclic) bond motifs is 1. The van der Waals surface area contributed by atoms with E-state index in [-0.39, 0.29) is 5.92 Å². The van der Waals surface area contributed by atoms with E-state index in [1.165, 1.54) is 11.3 Å². The second kappa shape index (κ2) is 6.45. The Balaban J connectivity index is 2.25. The molecule has 0 fully saturated rings.